The molecule has 3 N–H and O–H groups in total. The molecule has 6 nitrogen and oxygen atoms in total. The second-order valence-corrected chi connectivity index (χ2v) is 8.30. The van der Waals surface area contributed by atoms with Crippen LogP contribution in [-0.2, 0) is 16.6 Å². The van der Waals surface area contributed by atoms with Crippen LogP contribution < -0.4 is 10.0 Å². The number of nitrogens with one attached hydrogen (secondary N) is 3. The zero-order valence-electron chi connectivity index (χ0n) is 12.2. The zero-order valence-corrected chi connectivity index (χ0v) is 13.0. The van der Waals surface area contributed by atoms with Crippen molar-refractivity contribution >= 4 is 10.0 Å². The average molecular weight is 298 g/mol. The predicted molar refractivity (Wildman–Crippen MR) is 75.7 cm³/mol. The van der Waals surface area contributed by atoms with Crippen molar-refractivity contribution in [2.24, 2.45) is 5.41 Å². The minimum Gasteiger partial charge on any atom is -0.308 e. The summed E-state index contributed by atoms with van der Waals surface area (Å²) in [6.45, 7) is 6.38. The first kappa shape index (κ1) is 14.0. The highest BCUT2D eigenvalue weighted by Gasteiger charge is 2.48. The van der Waals surface area contributed by atoms with Crippen LogP contribution in [-0.4, -0.2) is 30.7 Å². The maximum Gasteiger partial charge on any atom is 0.244 e. The summed E-state index contributed by atoms with van der Waals surface area (Å²) in [4.78, 5) is 0.313. The molecule has 0 saturated heterocycles. The van der Waals surface area contributed by atoms with E-state index in [0.717, 1.165) is 6.42 Å². The van der Waals surface area contributed by atoms with Gasteiger partial charge in [0.25, 0.3) is 0 Å². The maximum atomic E-state index is 12.5. The van der Waals surface area contributed by atoms with Gasteiger partial charge in [-0.2, -0.15) is 5.10 Å². The van der Waals surface area contributed by atoms with E-state index in [1.54, 1.807) is 6.92 Å². The van der Waals surface area contributed by atoms with Crippen molar-refractivity contribution in [2.45, 2.75) is 63.6 Å². The molecule has 0 spiro atoms. The second-order valence-electron chi connectivity index (χ2n) is 6.65. The van der Waals surface area contributed by atoms with Gasteiger partial charge in [-0.25, -0.2) is 13.1 Å². The summed E-state index contributed by atoms with van der Waals surface area (Å²) in [6.07, 6.45) is 3.22. The zero-order chi connectivity index (χ0) is 14.5. The Morgan fingerprint density at radius 2 is 2.05 bits per heavy atom. The van der Waals surface area contributed by atoms with Crippen molar-refractivity contribution in [3.63, 3.8) is 0 Å². The molecule has 20 heavy (non-hydrogen) atoms. The molecule has 1 aromatic rings. The smallest absolute Gasteiger partial charge is 0.244 e. The molecule has 0 aromatic carbocycles. The van der Waals surface area contributed by atoms with Crippen LogP contribution in [0.25, 0.3) is 0 Å². The van der Waals surface area contributed by atoms with E-state index in [-0.39, 0.29) is 11.5 Å². The molecule has 1 atom stereocenters. The van der Waals surface area contributed by atoms with Gasteiger partial charge in [0, 0.05) is 18.6 Å². The van der Waals surface area contributed by atoms with Gasteiger partial charge in [0.1, 0.15) is 4.90 Å². The molecule has 2 aliphatic carbocycles. The number of hydrogen-bond acceptors (Lipinski definition) is 4. The molecule has 1 heterocycles. The van der Waals surface area contributed by atoms with Gasteiger partial charge in [0.2, 0.25) is 10.0 Å². The lowest BCUT2D eigenvalue weighted by molar-refractivity contribution is 0.552. The number of aromatic nitrogens is 2. The first-order valence-corrected chi connectivity index (χ1v) is 8.57. The summed E-state index contributed by atoms with van der Waals surface area (Å²) in [5.41, 5.74) is 1.25. The van der Waals surface area contributed by atoms with Crippen molar-refractivity contribution in [3.8, 4) is 0 Å². The lowest BCUT2D eigenvalue weighted by Crippen LogP contribution is -2.30. The van der Waals surface area contributed by atoms with Crippen molar-refractivity contribution in [1.82, 2.24) is 20.2 Å². The molecule has 112 valence electrons. The third-order valence-corrected chi connectivity index (χ3v) is 5.85. The lowest BCUT2D eigenvalue weighted by atomic mass is 10.2. The van der Waals surface area contributed by atoms with Gasteiger partial charge < -0.3 is 5.32 Å². The van der Waals surface area contributed by atoms with Gasteiger partial charge in [0.05, 0.1) is 11.4 Å². The minimum atomic E-state index is -3.50. The van der Waals surface area contributed by atoms with E-state index >= 15 is 0 Å². The summed E-state index contributed by atoms with van der Waals surface area (Å²) in [7, 11) is -3.50. The Balaban J connectivity index is 1.78. The van der Waals surface area contributed by atoms with Crippen LogP contribution in [0.3, 0.4) is 0 Å². The van der Waals surface area contributed by atoms with Crippen LogP contribution in [0.2, 0.25) is 0 Å². The van der Waals surface area contributed by atoms with Gasteiger partial charge in [-0.1, -0.05) is 13.8 Å². The van der Waals surface area contributed by atoms with Crippen LogP contribution in [0.15, 0.2) is 4.90 Å². The summed E-state index contributed by atoms with van der Waals surface area (Å²) < 4.78 is 27.9. The molecular formula is C13H22N4O2S. The third-order valence-electron chi connectivity index (χ3n) is 4.18. The van der Waals surface area contributed by atoms with E-state index in [2.05, 4.69) is 34.1 Å². The van der Waals surface area contributed by atoms with Gasteiger partial charge in [-0.05, 0) is 31.6 Å². The SMILES string of the molecule is Cc1[nH]nc(CNC2CC2)c1S(=O)(=O)NC1CC1(C)C. The Morgan fingerprint density at radius 3 is 2.60 bits per heavy atom. The molecule has 2 fully saturated rings. The molecule has 2 saturated carbocycles. The lowest BCUT2D eigenvalue weighted by Gasteiger charge is -2.09. The molecule has 0 radical (unpaired) electrons. The normalized spacial score (nSPS) is 24.9. The molecule has 0 amide bonds. The van der Waals surface area contributed by atoms with Crippen LogP contribution in [0.1, 0.15) is 44.5 Å². The van der Waals surface area contributed by atoms with E-state index in [0.29, 0.717) is 28.9 Å². The number of nitrogens with zero attached hydrogens (tertiary/aromatic N) is 1. The molecule has 7 heteroatoms. The van der Waals surface area contributed by atoms with Crippen molar-refractivity contribution in [2.75, 3.05) is 0 Å². The molecule has 0 aliphatic heterocycles. The highest BCUT2D eigenvalue weighted by molar-refractivity contribution is 7.89. The third kappa shape index (κ3) is 2.75. The summed E-state index contributed by atoms with van der Waals surface area (Å²) >= 11 is 0. The molecule has 2 aliphatic rings. The van der Waals surface area contributed by atoms with Crippen molar-refractivity contribution in [3.05, 3.63) is 11.4 Å². The van der Waals surface area contributed by atoms with Gasteiger partial charge in [-0.15, -0.1) is 0 Å². The van der Waals surface area contributed by atoms with Crippen LogP contribution in [0, 0.1) is 12.3 Å². The molecule has 0 bridgehead atoms. The Labute approximate surface area is 119 Å². The van der Waals surface area contributed by atoms with E-state index in [4.69, 9.17) is 0 Å². The molecule has 3 rings (SSSR count). The number of sulfonamides is 1. The monoisotopic (exact) mass is 298 g/mol. The molecular weight excluding hydrogens is 276 g/mol. The Hall–Kier alpha value is -0.920. The molecule has 1 unspecified atom stereocenters. The van der Waals surface area contributed by atoms with Gasteiger partial charge in [-0.3, -0.25) is 5.10 Å². The Bertz CT molecular complexity index is 616. The fraction of sp³-hybridized carbons (Fsp3) is 0.769. The van der Waals surface area contributed by atoms with Gasteiger partial charge >= 0.3 is 0 Å². The highest BCUT2D eigenvalue weighted by atomic mass is 32.2. The summed E-state index contributed by atoms with van der Waals surface area (Å²) in [5, 5.41) is 10.2. The van der Waals surface area contributed by atoms with Crippen LogP contribution in [0.4, 0.5) is 0 Å². The molecule has 1 aromatic heterocycles. The average Bonchev–Trinajstić information content (AvgIpc) is 3.20. The Morgan fingerprint density at radius 1 is 1.40 bits per heavy atom. The van der Waals surface area contributed by atoms with Crippen molar-refractivity contribution in [1.29, 1.82) is 0 Å². The first-order valence-electron chi connectivity index (χ1n) is 7.09. The van der Waals surface area contributed by atoms with E-state index in [1.165, 1.54) is 12.8 Å². The first-order chi connectivity index (χ1) is 9.29. The number of aromatic amines is 1. The number of H-pyrrole nitrogens is 1. The minimum absolute atomic E-state index is 0.0334. The quantitative estimate of drug-likeness (QED) is 0.732. The maximum absolute atomic E-state index is 12.5. The topological polar surface area (TPSA) is 86.9 Å². The fourth-order valence-electron chi connectivity index (χ4n) is 2.39. The summed E-state index contributed by atoms with van der Waals surface area (Å²) in [5.74, 6) is 0. The van der Waals surface area contributed by atoms with E-state index < -0.39 is 10.0 Å². The largest absolute Gasteiger partial charge is 0.308 e. The standard InChI is InChI=1S/C13H22N4O2S/c1-8-12(10(16-15-8)7-14-9-4-5-9)20(18,19)17-11-6-13(11,2)3/h9,11,14,17H,4-7H2,1-3H3,(H,15,16). The van der Waals surface area contributed by atoms with Crippen LogP contribution in [0.5, 0.6) is 0 Å². The number of aryl methyl sites for hydroxylation is 1. The Kier molecular flexibility index (Phi) is 3.19. The number of hydrogen-bond donors (Lipinski definition) is 3. The van der Waals surface area contributed by atoms with E-state index in [1.807, 2.05) is 0 Å². The van der Waals surface area contributed by atoms with Crippen molar-refractivity contribution < 1.29 is 8.42 Å². The fourth-order valence-corrected chi connectivity index (χ4v) is 4.16. The summed E-state index contributed by atoms with van der Waals surface area (Å²) in [6, 6.07) is 0.559. The predicted octanol–water partition coefficient (Wildman–Crippen LogP) is 1.05. The highest BCUT2D eigenvalue weighted by Crippen LogP contribution is 2.45. The van der Waals surface area contributed by atoms with Crippen LogP contribution >= 0.6 is 0 Å². The van der Waals surface area contributed by atoms with Gasteiger partial charge in [0.15, 0.2) is 0 Å². The number of rotatable bonds is 6. The van der Waals surface area contributed by atoms with E-state index in [9.17, 15) is 8.42 Å². The second kappa shape index (κ2) is 4.54.